The van der Waals surface area contributed by atoms with E-state index in [1.54, 1.807) is 12.4 Å². The third-order valence-corrected chi connectivity index (χ3v) is 3.06. The van der Waals surface area contributed by atoms with Crippen LogP contribution in [-0.4, -0.2) is 23.0 Å². The van der Waals surface area contributed by atoms with Crippen molar-refractivity contribution in [2.24, 2.45) is 0 Å². The van der Waals surface area contributed by atoms with E-state index in [9.17, 15) is 4.79 Å². The number of nitrogens with zero attached hydrogens (tertiary/aromatic N) is 2. The highest BCUT2D eigenvalue weighted by atomic mass is 16.5. The van der Waals surface area contributed by atoms with Gasteiger partial charge in [0, 0.05) is 18.3 Å². The summed E-state index contributed by atoms with van der Waals surface area (Å²) in [4.78, 5) is 19.7. The van der Waals surface area contributed by atoms with Gasteiger partial charge in [0.25, 0.3) is 0 Å². The van der Waals surface area contributed by atoms with Gasteiger partial charge >= 0.3 is 5.97 Å². The Kier molecular flexibility index (Phi) is 3.49. The fraction of sp³-hybridized carbons (Fsp3) is 0.583. The van der Waals surface area contributed by atoms with E-state index in [-0.39, 0.29) is 5.97 Å². The summed E-state index contributed by atoms with van der Waals surface area (Å²) in [6.45, 7) is 0. The Morgan fingerprint density at radius 3 is 2.44 bits per heavy atom. The number of aromatic nitrogens is 2. The van der Waals surface area contributed by atoms with E-state index in [0.717, 1.165) is 18.7 Å². The molecule has 1 saturated carbocycles. The monoisotopic (exact) mass is 220 g/mol. The second-order valence-electron chi connectivity index (χ2n) is 4.16. The molecule has 16 heavy (non-hydrogen) atoms. The lowest BCUT2D eigenvalue weighted by molar-refractivity contribution is 0.0599. The number of ether oxygens (including phenoxy) is 1. The van der Waals surface area contributed by atoms with Crippen LogP contribution < -0.4 is 0 Å². The average molecular weight is 220 g/mol. The minimum Gasteiger partial charge on any atom is -0.465 e. The maximum absolute atomic E-state index is 11.2. The first-order chi connectivity index (χ1) is 7.81. The predicted molar refractivity (Wildman–Crippen MR) is 59.2 cm³/mol. The van der Waals surface area contributed by atoms with Gasteiger partial charge in [-0.25, -0.2) is 14.8 Å². The van der Waals surface area contributed by atoms with Gasteiger partial charge in [-0.2, -0.15) is 0 Å². The summed E-state index contributed by atoms with van der Waals surface area (Å²) < 4.78 is 4.60. The number of hydrogen-bond acceptors (Lipinski definition) is 4. The summed E-state index contributed by atoms with van der Waals surface area (Å²) >= 11 is 0. The zero-order valence-corrected chi connectivity index (χ0v) is 9.48. The van der Waals surface area contributed by atoms with E-state index in [0.29, 0.717) is 11.5 Å². The van der Waals surface area contributed by atoms with E-state index < -0.39 is 0 Å². The second-order valence-corrected chi connectivity index (χ2v) is 4.16. The number of rotatable bonds is 2. The van der Waals surface area contributed by atoms with Crippen molar-refractivity contribution in [3.63, 3.8) is 0 Å². The van der Waals surface area contributed by atoms with Crippen LogP contribution in [0.3, 0.4) is 0 Å². The zero-order chi connectivity index (χ0) is 11.4. The van der Waals surface area contributed by atoms with Crippen molar-refractivity contribution >= 4 is 5.97 Å². The van der Waals surface area contributed by atoms with Crippen LogP contribution in [0, 0.1) is 0 Å². The molecule has 1 aliphatic rings. The second kappa shape index (κ2) is 5.05. The van der Waals surface area contributed by atoms with Crippen LogP contribution in [0.5, 0.6) is 0 Å². The Bertz CT molecular complexity index is 356. The van der Waals surface area contributed by atoms with Crippen LogP contribution in [0.15, 0.2) is 12.4 Å². The zero-order valence-electron chi connectivity index (χ0n) is 9.48. The van der Waals surface area contributed by atoms with Crippen LogP contribution in [-0.2, 0) is 4.74 Å². The number of esters is 1. The summed E-state index contributed by atoms with van der Waals surface area (Å²) in [5, 5.41) is 0. The van der Waals surface area contributed by atoms with Gasteiger partial charge in [-0.1, -0.05) is 19.3 Å². The Morgan fingerprint density at radius 1 is 1.25 bits per heavy atom. The summed E-state index contributed by atoms with van der Waals surface area (Å²) in [5.41, 5.74) is 0.419. The molecule has 1 aliphatic carbocycles. The lowest BCUT2D eigenvalue weighted by Gasteiger charge is -2.19. The van der Waals surface area contributed by atoms with Gasteiger partial charge in [0.1, 0.15) is 5.82 Å². The van der Waals surface area contributed by atoms with E-state index in [1.165, 1.54) is 26.4 Å². The van der Waals surface area contributed by atoms with Crippen molar-refractivity contribution < 1.29 is 9.53 Å². The minimum absolute atomic E-state index is 0.379. The third kappa shape index (κ3) is 2.38. The first-order valence-electron chi connectivity index (χ1n) is 5.71. The standard InChI is InChI=1S/C12H16N2O2/c1-16-12(15)10-7-13-11(14-8-10)9-5-3-2-4-6-9/h7-9H,2-6H2,1H3. The fourth-order valence-electron chi connectivity index (χ4n) is 2.13. The molecule has 0 unspecified atom stereocenters. The Morgan fingerprint density at radius 2 is 1.88 bits per heavy atom. The van der Waals surface area contributed by atoms with Crippen molar-refractivity contribution in [3.05, 3.63) is 23.8 Å². The van der Waals surface area contributed by atoms with Crippen molar-refractivity contribution in [2.75, 3.05) is 7.11 Å². The normalized spacial score (nSPS) is 17.1. The first-order valence-corrected chi connectivity index (χ1v) is 5.71. The fourth-order valence-corrected chi connectivity index (χ4v) is 2.13. The van der Waals surface area contributed by atoms with Crippen molar-refractivity contribution in [3.8, 4) is 0 Å². The van der Waals surface area contributed by atoms with Crippen LogP contribution in [0.25, 0.3) is 0 Å². The molecule has 0 N–H and O–H groups in total. The highest BCUT2D eigenvalue weighted by molar-refractivity contribution is 5.88. The SMILES string of the molecule is COC(=O)c1cnc(C2CCCCC2)nc1. The topological polar surface area (TPSA) is 52.1 Å². The van der Waals surface area contributed by atoms with E-state index >= 15 is 0 Å². The number of carbonyl (C=O) groups excluding carboxylic acids is 1. The Balaban J connectivity index is 2.09. The molecule has 1 fully saturated rings. The van der Waals surface area contributed by atoms with Gasteiger partial charge in [-0.15, -0.1) is 0 Å². The Labute approximate surface area is 95.1 Å². The molecule has 0 saturated heterocycles. The van der Waals surface area contributed by atoms with E-state index in [2.05, 4.69) is 14.7 Å². The van der Waals surface area contributed by atoms with Crippen LogP contribution in [0.2, 0.25) is 0 Å². The molecule has 4 nitrogen and oxygen atoms in total. The average Bonchev–Trinajstić information content (AvgIpc) is 2.39. The van der Waals surface area contributed by atoms with Crippen LogP contribution >= 0.6 is 0 Å². The smallest absolute Gasteiger partial charge is 0.341 e. The molecule has 0 aromatic carbocycles. The molecule has 2 rings (SSSR count). The van der Waals surface area contributed by atoms with Gasteiger partial charge in [-0.05, 0) is 12.8 Å². The maximum atomic E-state index is 11.2. The molecule has 1 aromatic heterocycles. The molecule has 86 valence electrons. The molecule has 0 amide bonds. The molecule has 0 spiro atoms. The number of hydrogen-bond donors (Lipinski definition) is 0. The summed E-state index contributed by atoms with van der Waals surface area (Å²) in [7, 11) is 1.36. The van der Waals surface area contributed by atoms with Crippen LogP contribution in [0.1, 0.15) is 54.2 Å². The molecule has 0 bridgehead atoms. The highest BCUT2D eigenvalue weighted by Gasteiger charge is 2.18. The van der Waals surface area contributed by atoms with Crippen molar-refractivity contribution in [1.29, 1.82) is 0 Å². The molecule has 1 aromatic rings. The summed E-state index contributed by atoms with van der Waals surface area (Å²) in [6.07, 6.45) is 9.27. The maximum Gasteiger partial charge on any atom is 0.341 e. The predicted octanol–water partition coefficient (Wildman–Crippen LogP) is 2.31. The number of carbonyl (C=O) groups is 1. The number of methoxy groups -OCH3 is 1. The van der Waals surface area contributed by atoms with Crippen molar-refractivity contribution in [1.82, 2.24) is 9.97 Å². The van der Waals surface area contributed by atoms with Gasteiger partial charge < -0.3 is 4.74 Å². The summed E-state index contributed by atoms with van der Waals surface area (Å²) in [6, 6.07) is 0. The minimum atomic E-state index is -0.379. The molecule has 4 heteroatoms. The van der Waals surface area contributed by atoms with Gasteiger partial charge in [-0.3, -0.25) is 0 Å². The molecular weight excluding hydrogens is 204 g/mol. The lowest BCUT2D eigenvalue weighted by Crippen LogP contribution is -2.10. The van der Waals surface area contributed by atoms with Gasteiger partial charge in [0.05, 0.1) is 12.7 Å². The van der Waals surface area contributed by atoms with E-state index in [4.69, 9.17) is 0 Å². The quantitative estimate of drug-likeness (QED) is 0.718. The van der Waals surface area contributed by atoms with E-state index in [1.807, 2.05) is 0 Å². The largest absolute Gasteiger partial charge is 0.465 e. The molecule has 0 atom stereocenters. The first kappa shape index (κ1) is 11.0. The Hall–Kier alpha value is -1.45. The van der Waals surface area contributed by atoms with Crippen molar-refractivity contribution in [2.45, 2.75) is 38.0 Å². The molecule has 1 heterocycles. The summed E-state index contributed by atoms with van der Waals surface area (Å²) in [5.74, 6) is 0.961. The lowest BCUT2D eigenvalue weighted by atomic mass is 9.89. The molecule has 0 radical (unpaired) electrons. The molecule has 0 aliphatic heterocycles. The van der Waals surface area contributed by atoms with Gasteiger partial charge in [0.15, 0.2) is 0 Å². The van der Waals surface area contributed by atoms with Gasteiger partial charge in [0.2, 0.25) is 0 Å². The molecular formula is C12H16N2O2. The third-order valence-electron chi connectivity index (χ3n) is 3.06. The highest BCUT2D eigenvalue weighted by Crippen LogP contribution is 2.30. The van der Waals surface area contributed by atoms with Crippen LogP contribution in [0.4, 0.5) is 0 Å².